The topological polar surface area (TPSA) is 86.6 Å². The quantitative estimate of drug-likeness (QED) is 0.201. The van der Waals surface area contributed by atoms with Gasteiger partial charge in [-0.15, -0.1) is 0 Å². The molecule has 0 radical (unpaired) electrons. The number of benzene rings is 4. The van der Waals surface area contributed by atoms with Crippen LogP contribution in [0.4, 0.5) is 5.69 Å². The van der Waals surface area contributed by atoms with E-state index < -0.39 is 5.97 Å². The van der Waals surface area contributed by atoms with Gasteiger partial charge < -0.3 is 14.9 Å². The van der Waals surface area contributed by atoms with Gasteiger partial charge >= 0.3 is 5.97 Å². The highest BCUT2D eigenvalue weighted by Crippen LogP contribution is 2.27. The molecule has 7 nitrogen and oxygen atoms in total. The van der Waals surface area contributed by atoms with E-state index >= 15 is 0 Å². The van der Waals surface area contributed by atoms with Gasteiger partial charge in [0.05, 0.1) is 28.8 Å². The van der Waals surface area contributed by atoms with Crippen molar-refractivity contribution in [3.8, 4) is 11.3 Å². The van der Waals surface area contributed by atoms with Crippen molar-refractivity contribution in [3.05, 3.63) is 124 Å². The Morgan fingerprint density at radius 3 is 2.25 bits per heavy atom. The number of hydrogen-bond acceptors (Lipinski definition) is 5. The number of carbonyl (C=O) groups excluding carboxylic acids is 1. The van der Waals surface area contributed by atoms with Crippen LogP contribution < -0.4 is 4.90 Å². The summed E-state index contributed by atoms with van der Waals surface area (Å²) in [5.74, 6) is -0.834. The molecule has 5 aromatic rings. The second kappa shape index (κ2) is 13.3. The fourth-order valence-corrected chi connectivity index (χ4v) is 5.88. The Morgan fingerprint density at radius 2 is 1.50 bits per heavy atom. The van der Waals surface area contributed by atoms with Gasteiger partial charge in [-0.3, -0.25) is 9.59 Å². The molecule has 2 heterocycles. The molecule has 0 aliphatic carbocycles. The van der Waals surface area contributed by atoms with Crippen molar-refractivity contribution in [1.29, 1.82) is 0 Å². The van der Waals surface area contributed by atoms with Crippen LogP contribution in [0.2, 0.25) is 5.02 Å². The third kappa shape index (κ3) is 6.90. The maximum absolute atomic E-state index is 13.5. The fraction of sp³-hybridized carbons (Fsp3) is 0.222. The summed E-state index contributed by atoms with van der Waals surface area (Å²) in [7, 11) is 0. The van der Waals surface area contributed by atoms with Crippen LogP contribution in [0.1, 0.15) is 33.6 Å². The number of piperazine rings is 1. The number of hydrogen-bond donors (Lipinski definition) is 1. The first kappa shape index (κ1) is 29.3. The van der Waals surface area contributed by atoms with Crippen molar-refractivity contribution in [2.75, 3.05) is 31.1 Å². The van der Waals surface area contributed by atoms with Gasteiger partial charge in [-0.1, -0.05) is 66.2 Å². The average molecular weight is 605 g/mol. The lowest BCUT2D eigenvalue weighted by Crippen LogP contribution is -2.48. The molecule has 1 N–H and O–H groups in total. The number of nitrogens with zero attached hydrogens (tertiary/aromatic N) is 4. The second-order valence-electron chi connectivity index (χ2n) is 11.1. The van der Waals surface area contributed by atoms with Gasteiger partial charge in [-0.05, 0) is 72.9 Å². The van der Waals surface area contributed by atoms with Gasteiger partial charge in [-0.25, -0.2) is 9.97 Å². The van der Waals surface area contributed by atoms with Crippen LogP contribution in [-0.4, -0.2) is 58.0 Å². The van der Waals surface area contributed by atoms with Crippen molar-refractivity contribution >= 4 is 40.2 Å². The molecule has 44 heavy (non-hydrogen) atoms. The lowest BCUT2D eigenvalue weighted by atomic mass is 10.0. The van der Waals surface area contributed by atoms with Crippen LogP contribution in [0.15, 0.2) is 97.1 Å². The highest BCUT2D eigenvalue weighted by Gasteiger charge is 2.23. The lowest BCUT2D eigenvalue weighted by Gasteiger charge is -2.36. The van der Waals surface area contributed by atoms with Crippen LogP contribution in [-0.2, 0) is 24.1 Å². The number of aromatic nitrogens is 2. The van der Waals surface area contributed by atoms with Crippen molar-refractivity contribution in [3.63, 3.8) is 0 Å². The summed E-state index contributed by atoms with van der Waals surface area (Å²) in [5, 5.41) is 9.81. The first-order valence-electron chi connectivity index (χ1n) is 14.9. The number of anilines is 1. The van der Waals surface area contributed by atoms with E-state index in [1.54, 1.807) is 0 Å². The van der Waals surface area contributed by atoms with Gasteiger partial charge in [0.25, 0.3) is 5.91 Å². The van der Waals surface area contributed by atoms with Gasteiger partial charge in [0, 0.05) is 48.0 Å². The van der Waals surface area contributed by atoms with E-state index in [4.69, 9.17) is 26.7 Å². The Bertz CT molecular complexity index is 1790. The number of rotatable bonds is 9. The standard InChI is InChI=1S/C36H33ClN4O3/c37-29-15-12-27(13-16-29)35-32(11-5-7-25-6-4-8-26(22-25)23-34(42)43)38-33-24-28(14-17-31(33)39-35)36(44)41-20-18-40(19-21-41)30-9-2-1-3-10-30/h1-4,6,8-10,12-17,22,24H,5,7,11,18-21,23H2,(H,42,43). The number of fused-ring (bicyclic) bond motifs is 1. The number of aliphatic carboxylic acids is 1. The molecule has 6 rings (SSSR count). The number of aryl methyl sites for hydroxylation is 2. The third-order valence-electron chi connectivity index (χ3n) is 8.02. The maximum Gasteiger partial charge on any atom is 0.307 e. The van der Waals surface area contributed by atoms with E-state index in [9.17, 15) is 9.59 Å². The average Bonchev–Trinajstić information content (AvgIpc) is 3.05. The van der Waals surface area contributed by atoms with E-state index in [2.05, 4.69) is 17.0 Å². The molecule has 0 spiro atoms. The molecule has 0 atom stereocenters. The summed E-state index contributed by atoms with van der Waals surface area (Å²) >= 11 is 6.17. The first-order chi connectivity index (χ1) is 21.4. The van der Waals surface area contributed by atoms with E-state index in [0.29, 0.717) is 35.6 Å². The SMILES string of the molecule is O=C(O)Cc1cccc(CCCc2nc3cc(C(=O)N4CCN(c5ccccc5)CC4)ccc3nc2-c2ccc(Cl)cc2)c1. The predicted octanol–water partition coefficient (Wildman–Crippen LogP) is 6.72. The van der Waals surface area contributed by atoms with Crippen LogP contribution in [0, 0.1) is 0 Å². The largest absolute Gasteiger partial charge is 0.481 e. The molecule has 1 amide bonds. The number of carbonyl (C=O) groups is 2. The molecule has 8 heteroatoms. The normalized spacial score (nSPS) is 13.3. The van der Waals surface area contributed by atoms with Crippen LogP contribution in [0.5, 0.6) is 0 Å². The zero-order chi connectivity index (χ0) is 30.5. The minimum Gasteiger partial charge on any atom is -0.481 e. The fourth-order valence-electron chi connectivity index (χ4n) is 5.76. The van der Waals surface area contributed by atoms with E-state index in [0.717, 1.165) is 59.5 Å². The Balaban J connectivity index is 1.22. The zero-order valence-electron chi connectivity index (χ0n) is 24.3. The smallest absolute Gasteiger partial charge is 0.307 e. The second-order valence-corrected chi connectivity index (χ2v) is 11.5. The predicted molar refractivity (Wildman–Crippen MR) is 174 cm³/mol. The summed E-state index contributed by atoms with van der Waals surface area (Å²) in [6, 6.07) is 31.2. The van der Waals surface area contributed by atoms with Crippen molar-refractivity contribution in [2.24, 2.45) is 0 Å². The molecule has 0 bridgehead atoms. The molecule has 1 saturated heterocycles. The molecule has 1 fully saturated rings. The van der Waals surface area contributed by atoms with Crippen LogP contribution in [0.3, 0.4) is 0 Å². The number of carboxylic acid groups (broad SMARTS) is 1. The Morgan fingerprint density at radius 1 is 0.750 bits per heavy atom. The summed E-state index contributed by atoms with van der Waals surface area (Å²) in [6.45, 7) is 2.89. The van der Waals surface area contributed by atoms with Crippen molar-refractivity contribution in [1.82, 2.24) is 14.9 Å². The summed E-state index contributed by atoms with van der Waals surface area (Å²) in [4.78, 5) is 38.9. The molecule has 1 aromatic heterocycles. The zero-order valence-corrected chi connectivity index (χ0v) is 25.1. The van der Waals surface area contributed by atoms with Crippen LogP contribution in [0.25, 0.3) is 22.3 Å². The molecular weight excluding hydrogens is 572 g/mol. The maximum atomic E-state index is 13.5. The molecular formula is C36H33ClN4O3. The number of halogens is 1. The van der Waals surface area contributed by atoms with E-state index in [1.165, 1.54) is 5.69 Å². The molecule has 1 aliphatic heterocycles. The van der Waals surface area contributed by atoms with Gasteiger partial charge in [-0.2, -0.15) is 0 Å². The number of amides is 1. The third-order valence-corrected chi connectivity index (χ3v) is 8.27. The lowest BCUT2D eigenvalue weighted by molar-refractivity contribution is -0.136. The Hall–Kier alpha value is -4.75. The van der Waals surface area contributed by atoms with Crippen LogP contribution >= 0.6 is 11.6 Å². The van der Waals surface area contributed by atoms with Gasteiger partial charge in [0.15, 0.2) is 0 Å². The summed E-state index contributed by atoms with van der Waals surface area (Å²) in [6.07, 6.45) is 2.26. The van der Waals surface area contributed by atoms with Gasteiger partial charge in [0.1, 0.15) is 0 Å². The Kier molecular flexibility index (Phi) is 8.84. The highest BCUT2D eigenvalue weighted by molar-refractivity contribution is 6.30. The number of carboxylic acids is 1. The van der Waals surface area contributed by atoms with Crippen molar-refractivity contribution < 1.29 is 14.7 Å². The summed E-state index contributed by atoms with van der Waals surface area (Å²) < 4.78 is 0. The molecule has 4 aromatic carbocycles. The Labute approximate surface area is 261 Å². The van der Waals surface area contributed by atoms with Gasteiger partial charge in [0.2, 0.25) is 0 Å². The monoisotopic (exact) mass is 604 g/mol. The minimum absolute atomic E-state index is 0.00554. The minimum atomic E-state index is -0.839. The highest BCUT2D eigenvalue weighted by atomic mass is 35.5. The molecule has 222 valence electrons. The molecule has 0 saturated carbocycles. The summed E-state index contributed by atoms with van der Waals surface area (Å²) in [5.41, 5.74) is 7.66. The van der Waals surface area contributed by atoms with E-state index in [1.807, 2.05) is 89.8 Å². The number of para-hydroxylation sites is 1. The molecule has 1 aliphatic rings. The molecule has 0 unspecified atom stereocenters. The first-order valence-corrected chi connectivity index (χ1v) is 15.3. The van der Waals surface area contributed by atoms with Crippen molar-refractivity contribution in [2.45, 2.75) is 25.7 Å². The van der Waals surface area contributed by atoms with E-state index in [-0.39, 0.29) is 12.3 Å².